The third-order valence-corrected chi connectivity index (χ3v) is 4.12. The summed E-state index contributed by atoms with van der Waals surface area (Å²) in [4.78, 5) is 16.0. The summed E-state index contributed by atoms with van der Waals surface area (Å²) in [5.74, 6) is -0.262. The van der Waals surface area contributed by atoms with Crippen LogP contribution in [-0.4, -0.2) is 47.4 Å². The number of nitrogens with two attached hydrogens (primary N) is 2. The normalized spacial score (nSPS) is 18.1. The second kappa shape index (κ2) is 5.81. The highest BCUT2D eigenvalue weighted by molar-refractivity contribution is 5.83. The number of carbonyl (C=O) groups is 1. The Morgan fingerprint density at radius 2 is 1.90 bits per heavy atom. The summed E-state index contributed by atoms with van der Waals surface area (Å²) in [7, 11) is 0. The number of anilines is 1. The molecule has 1 saturated heterocycles. The van der Waals surface area contributed by atoms with Crippen LogP contribution >= 0.6 is 0 Å². The molecule has 0 bridgehead atoms. The molecule has 0 aromatic heterocycles. The first-order valence-corrected chi connectivity index (χ1v) is 7.01. The van der Waals surface area contributed by atoms with E-state index >= 15 is 0 Å². The maximum absolute atomic E-state index is 11.5. The van der Waals surface area contributed by atoms with Gasteiger partial charge in [0.1, 0.15) is 0 Å². The number of nitrogens with zero attached hydrogens (tertiary/aromatic N) is 2. The zero-order valence-corrected chi connectivity index (χ0v) is 12.3. The number of hydrogen-bond donors (Lipinski definition) is 2. The van der Waals surface area contributed by atoms with Crippen molar-refractivity contribution in [1.82, 2.24) is 9.80 Å². The molecule has 20 heavy (non-hydrogen) atoms. The van der Waals surface area contributed by atoms with Gasteiger partial charge in [-0.05, 0) is 31.5 Å². The number of nitrogen functional groups attached to an aromatic ring is 1. The monoisotopic (exact) mass is 276 g/mol. The molecule has 0 unspecified atom stereocenters. The van der Waals surface area contributed by atoms with Crippen LogP contribution in [0.3, 0.4) is 0 Å². The molecular formula is C15H24N4O. The minimum absolute atomic E-state index is 0.262. The molecule has 5 heteroatoms. The third kappa shape index (κ3) is 3.29. The second-order valence-corrected chi connectivity index (χ2v) is 5.93. The molecule has 4 N–H and O–H groups in total. The van der Waals surface area contributed by atoms with Crippen LogP contribution in [0.5, 0.6) is 0 Å². The quantitative estimate of drug-likeness (QED) is 0.792. The predicted molar refractivity (Wildman–Crippen MR) is 81.0 cm³/mol. The highest BCUT2D eigenvalue weighted by Crippen LogP contribution is 2.18. The van der Waals surface area contributed by atoms with Crippen molar-refractivity contribution in [3.8, 4) is 0 Å². The van der Waals surface area contributed by atoms with Gasteiger partial charge in [-0.25, -0.2) is 0 Å². The van der Waals surface area contributed by atoms with Crippen LogP contribution < -0.4 is 11.5 Å². The summed E-state index contributed by atoms with van der Waals surface area (Å²) in [5.41, 5.74) is 12.7. The van der Waals surface area contributed by atoms with Crippen LogP contribution in [-0.2, 0) is 11.3 Å². The maximum Gasteiger partial charge on any atom is 0.237 e. The molecule has 1 heterocycles. The van der Waals surface area contributed by atoms with Gasteiger partial charge in [-0.1, -0.05) is 12.1 Å². The average Bonchev–Trinajstić information content (AvgIpc) is 2.39. The number of benzene rings is 1. The van der Waals surface area contributed by atoms with E-state index in [4.69, 9.17) is 11.5 Å². The van der Waals surface area contributed by atoms with Crippen LogP contribution in [0.1, 0.15) is 19.4 Å². The Bertz CT molecular complexity index is 479. The van der Waals surface area contributed by atoms with Gasteiger partial charge < -0.3 is 11.5 Å². The zero-order valence-electron chi connectivity index (χ0n) is 12.3. The summed E-state index contributed by atoms with van der Waals surface area (Å²) >= 11 is 0. The Labute approximate surface area is 120 Å². The van der Waals surface area contributed by atoms with E-state index in [2.05, 4.69) is 15.9 Å². The second-order valence-electron chi connectivity index (χ2n) is 5.93. The van der Waals surface area contributed by atoms with Crippen molar-refractivity contribution in [1.29, 1.82) is 0 Å². The largest absolute Gasteiger partial charge is 0.399 e. The molecule has 1 aliphatic rings. The molecular weight excluding hydrogens is 252 g/mol. The van der Waals surface area contributed by atoms with Gasteiger partial charge in [0.05, 0.1) is 5.54 Å². The Balaban J connectivity index is 1.90. The highest BCUT2D eigenvalue weighted by atomic mass is 16.1. The van der Waals surface area contributed by atoms with Crippen LogP contribution in [0, 0.1) is 0 Å². The third-order valence-electron chi connectivity index (χ3n) is 4.12. The first-order valence-electron chi connectivity index (χ1n) is 7.01. The molecule has 1 aliphatic heterocycles. The van der Waals surface area contributed by atoms with Gasteiger partial charge in [-0.3, -0.25) is 14.6 Å². The average molecular weight is 276 g/mol. The van der Waals surface area contributed by atoms with Crippen LogP contribution in [0.15, 0.2) is 24.3 Å². The lowest BCUT2D eigenvalue weighted by molar-refractivity contribution is -0.129. The molecule has 5 nitrogen and oxygen atoms in total. The van der Waals surface area contributed by atoms with Crippen molar-refractivity contribution < 1.29 is 4.79 Å². The highest BCUT2D eigenvalue weighted by Gasteiger charge is 2.34. The Morgan fingerprint density at radius 3 is 2.45 bits per heavy atom. The fraction of sp³-hybridized carbons (Fsp3) is 0.533. The van der Waals surface area contributed by atoms with Crippen molar-refractivity contribution in [3.05, 3.63) is 29.8 Å². The van der Waals surface area contributed by atoms with Gasteiger partial charge in [0, 0.05) is 38.4 Å². The number of primary amides is 1. The van der Waals surface area contributed by atoms with Crippen LogP contribution in [0.4, 0.5) is 5.69 Å². The number of hydrogen-bond acceptors (Lipinski definition) is 4. The minimum atomic E-state index is -0.566. The Morgan fingerprint density at radius 1 is 1.25 bits per heavy atom. The zero-order chi connectivity index (χ0) is 14.8. The molecule has 1 fully saturated rings. The Kier molecular flexibility index (Phi) is 4.30. The molecule has 0 radical (unpaired) electrons. The lowest BCUT2D eigenvalue weighted by Gasteiger charge is -2.42. The molecule has 0 saturated carbocycles. The fourth-order valence-electron chi connectivity index (χ4n) is 2.57. The van der Waals surface area contributed by atoms with E-state index in [1.807, 2.05) is 32.0 Å². The fourth-order valence-corrected chi connectivity index (χ4v) is 2.57. The lowest BCUT2D eigenvalue weighted by atomic mass is 10.0. The van der Waals surface area contributed by atoms with Crippen LogP contribution in [0.25, 0.3) is 0 Å². The van der Waals surface area contributed by atoms with Gasteiger partial charge in [0.2, 0.25) is 5.91 Å². The number of piperazine rings is 1. The number of carbonyl (C=O) groups excluding carboxylic acids is 1. The van der Waals surface area contributed by atoms with E-state index < -0.39 is 5.54 Å². The number of rotatable bonds is 4. The molecule has 0 atom stereocenters. The predicted octanol–water partition coefficient (Wildman–Crippen LogP) is 0.650. The van der Waals surface area contributed by atoms with E-state index in [9.17, 15) is 4.79 Å². The Hall–Kier alpha value is -1.59. The SMILES string of the molecule is CC(C)(C(N)=O)N1CCN(Cc2cccc(N)c2)CC1. The van der Waals surface area contributed by atoms with Crippen molar-refractivity contribution in [2.75, 3.05) is 31.9 Å². The van der Waals surface area contributed by atoms with E-state index in [1.54, 1.807) is 0 Å². The van der Waals surface area contributed by atoms with E-state index in [1.165, 1.54) is 5.56 Å². The van der Waals surface area contributed by atoms with E-state index in [0.29, 0.717) is 0 Å². The van der Waals surface area contributed by atoms with Crippen molar-refractivity contribution in [2.45, 2.75) is 25.9 Å². The lowest BCUT2D eigenvalue weighted by Crippen LogP contribution is -2.59. The molecule has 1 aromatic carbocycles. The summed E-state index contributed by atoms with van der Waals surface area (Å²) in [6.45, 7) is 8.27. The van der Waals surface area contributed by atoms with Gasteiger partial charge in [0.15, 0.2) is 0 Å². The first kappa shape index (κ1) is 14.8. The van der Waals surface area contributed by atoms with Crippen molar-refractivity contribution >= 4 is 11.6 Å². The van der Waals surface area contributed by atoms with Gasteiger partial charge in [-0.2, -0.15) is 0 Å². The first-order chi connectivity index (χ1) is 9.39. The van der Waals surface area contributed by atoms with E-state index in [-0.39, 0.29) is 5.91 Å². The van der Waals surface area contributed by atoms with Crippen molar-refractivity contribution in [3.63, 3.8) is 0 Å². The number of amides is 1. The van der Waals surface area contributed by atoms with Gasteiger partial charge >= 0.3 is 0 Å². The minimum Gasteiger partial charge on any atom is -0.399 e. The van der Waals surface area contributed by atoms with Gasteiger partial charge in [0.25, 0.3) is 0 Å². The molecule has 2 rings (SSSR count). The summed E-state index contributed by atoms with van der Waals surface area (Å²) in [6, 6.07) is 7.99. The standard InChI is InChI=1S/C15H24N4O/c1-15(2,14(17)20)19-8-6-18(7-9-19)11-12-4-3-5-13(16)10-12/h3-5,10H,6-9,11,16H2,1-2H3,(H2,17,20). The maximum atomic E-state index is 11.5. The smallest absolute Gasteiger partial charge is 0.237 e. The molecule has 0 spiro atoms. The molecule has 1 aromatic rings. The van der Waals surface area contributed by atoms with E-state index in [0.717, 1.165) is 38.4 Å². The van der Waals surface area contributed by atoms with Crippen molar-refractivity contribution in [2.24, 2.45) is 5.73 Å². The summed E-state index contributed by atoms with van der Waals surface area (Å²) in [5, 5.41) is 0. The molecule has 110 valence electrons. The summed E-state index contributed by atoms with van der Waals surface area (Å²) in [6.07, 6.45) is 0. The molecule has 1 amide bonds. The molecule has 0 aliphatic carbocycles. The van der Waals surface area contributed by atoms with Crippen LogP contribution in [0.2, 0.25) is 0 Å². The summed E-state index contributed by atoms with van der Waals surface area (Å²) < 4.78 is 0. The topological polar surface area (TPSA) is 75.6 Å². The van der Waals surface area contributed by atoms with Gasteiger partial charge in [-0.15, -0.1) is 0 Å².